The molecule has 0 aliphatic carbocycles. The molecule has 0 fully saturated rings. The van der Waals surface area contributed by atoms with Crippen LogP contribution in [0, 0.1) is 6.92 Å². The Kier molecular flexibility index (Phi) is 6.28. The molecule has 0 saturated heterocycles. The summed E-state index contributed by atoms with van der Waals surface area (Å²) in [7, 11) is -1.94. The molecule has 4 N–H and O–H groups in total. The van der Waals surface area contributed by atoms with E-state index in [1.54, 1.807) is 23.1 Å². The molecule has 2 amide bonds. The number of amides is 2. The van der Waals surface area contributed by atoms with Crippen LogP contribution >= 0.6 is 0 Å². The summed E-state index contributed by atoms with van der Waals surface area (Å²) >= 11 is 0. The van der Waals surface area contributed by atoms with E-state index in [0.29, 0.717) is 5.69 Å². The van der Waals surface area contributed by atoms with Gasteiger partial charge >= 0.3 is 6.03 Å². The fourth-order valence-corrected chi connectivity index (χ4v) is 3.65. The summed E-state index contributed by atoms with van der Waals surface area (Å²) in [5.41, 5.74) is 2.93. The molecule has 2 heterocycles. The van der Waals surface area contributed by atoms with E-state index in [4.69, 9.17) is 5.14 Å². The van der Waals surface area contributed by atoms with Crippen LogP contribution in [0.2, 0.25) is 0 Å². The van der Waals surface area contributed by atoms with Crippen molar-refractivity contribution in [3.63, 3.8) is 0 Å². The Labute approximate surface area is 175 Å². The van der Waals surface area contributed by atoms with Crippen LogP contribution in [0.4, 0.5) is 10.5 Å². The van der Waals surface area contributed by atoms with E-state index in [9.17, 15) is 13.2 Å². The molecule has 0 bridgehead atoms. The van der Waals surface area contributed by atoms with Gasteiger partial charge < -0.3 is 15.2 Å². The third-order valence-corrected chi connectivity index (χ3v) is 5.68. The minimum atomic E-state index is -3.92. The van der Waals surface area contributed by atoms with Gasteiger partial charge in [0.05, 0.1) is 22.5 Å². The lowest BCUT2D eigenvalue weighted by Crippen LogP contribution is -2.36. The van der Waals surface area contributed by atoms with Crippen LogP contribution in [0.25, 0.3) is 5.69 Å². The van der Waals surface area contributed by atoms with Crippen molar-refractivity contribution < 1.29 is 13.2 Å². The Hall–Kier alpha value is -3.11. The molecule has 0 aliphatic rings. The fraction of sp³-hybridized carbons (Fsp3) is 0.300. The first-order valence-electron chi connectivity index (χ1n) is 9.49. The molecule has 0 aliphatic heterocycles. The zero-order valence-electron chi connectivity index (χ0n) is 17.2. The van der Waals surface area contributed by atoms with Crippen LogP contribution in [0.15, 0.2) is 53.8 Å². The number of hydrogen-bond acceptors (Lipinski definition) is 4. The van der Waals surface area contributed by atoms with Gasteiger partial charge in [0.25, 0.3) is 0 Å². The van der Waals surface area contributed by atoms with Crippen molar-refractivity contribution in [1.82, 2.24) is 19.7 Å². The number of anilines is 1. The largest absolute Gasteiger partial charge is 0.354 e. The number of aromatic nitrogens is 3. The Balaban J connectivity index is 1.74. The number of sulfonamides is 1. The average Bonchev–Trinajstić information content (AvgIpc) is 3.27. The summed E-state index contributed by atoms with van der Waals surface area (Å²) in [6, 6.07) is 7.77. The topological polar surface area (TPSA) is 124 Å². The third-order valence-electron chi connectivity index (χ3n) is 4.77. The average molecular weight is 431 g/mol. The number of benzene rings is 1. The van der Waals surface area contributed by atoms with Gasteiger partial charge in [-0.1, -0.05) is 0 Å². The van der Waals surface area contributed by atoms with Crippen LogP contribution in [0.3, 0.4) is 0 Å². The molecule has 1 unspecified atom stereocenters. The number of carbonyl (C=O) groups excluding carboxylic acids is 1. The van der Waals surface area contributed by atoms with Crippen molar-refractivity contribution in [2.45, 2.75) is 37.6 Å². The number of aryl methyl sites for hydroxylation is 3. The molecule has 1 atom stereocenters. The summed E-state index contributed by atoms with van der Waals surface area (Å²) in [6.45, 7) is 3.80. The van der Waals surface area contributed by atoms with Gasteiger partial charge in [-0.15, -0.1) is 0 Å². The summed E-state index contributed by atoms with van der Waals surface area (Å²) in [5.74, 6) is 0. The second-order valence-electron chi connectivity index (χ2n) is 7.33. The van der Waals surface area contributed by atoms with Crippen molar-refractivity contribution in [3.8, 4) is 5.69 Å². The maximum absolute atomic E-state index is 12.6. The van der Waals surface area contributed by atoms with Crippen molar-refractivity contribution in [3.05, 3.63) is 60.2 Å². The zero-order chi connectivity index (χ0) is 21.9. The van der Waals surface area contributed by atoms with E-state index in [2.05, 4.69) is 15.7 Å². The van der Waals surface area contributed by atoms with E-state index in [1.165, 1.54) is 17.8 Å². The van der Waals surface area contributed by atoms with Crippen molar-refractivity contribution in [1.29, 1.82) is 0 Å². The summed E-state index contributed by atoms with van der Waals surface area (Å²) < 4.78 is 27.1. The molecule has 10 heteroatoms. The van der Waals surface area contributed by atoms with Crippen LogP contribution in [0.1, 0.15) is 24.6 Å². The lowest BCUT2D eigenvalue weighted by molar-refractivity contribution is 0.248. The molecule has 160 valence electrons. The number of urea groups is 1. The first-order valence-corrected chi connectivity index (χ1v) is 11.0. The van der Waals surface area contributed by atoms with E-state index in [0.717, 1.165) is 18.4 Å². The van der Waals surface area contributed by atoms with Crippen molar-refractivity contribution in [2.24, 2.45) is 12.2 Å². The standard InChI is InChI=1S/C20H26N6O3S/c1-14-12-22-26(13-14)19-9-8-17(30(21,28)29)11-18(19)24-20(27)23-15(2)6-7-16-5-4-10-25(16)3/h4-5,8-13,15H,6-7H2,1-3H3,(H2,21,28,29)(H2,23,24,27). The highest BCUT2D eigenvalue weighted by atomic mass is 32.2. The highest BCUT2D eigenvalue weighted by Gasteiger charge is 2.16. The third kappa shape index (κ3) is 5.28. The van der Waals surface area contributed by atoms with E-state index in [1.807, 2.05) is 43.8 Å². The summed E-state index contributed by atoms with van der Waals surface area (Å²) in [5, 5.41) is 15.1. The lowest BCUT2D eigenvalue weighted by atomic mass is 10.1. The molecule has 0 spiro atoms. The predicted octanol–water partition coefficient (Wildman–Crippen LogP) is 2.31. The van der Waals surface area contributed by atoms with Gasteiger partial charge in [-0.3, -0.25) is 0 Å². The normalized spacial score (nSPS) is 12.5. The minimum absolute atomic E-state index is 0.0864. The highest BCUT2D eigenvalue weighted by Crippen LogP contribution is 2.24. The molecular weight excluding hydrogens is 404 g/mol. The SMILES string of the molecule is Cc1cnn(-c2ccc(S(N)(=O)=O)cc2NC(=O)NC(C)CCc2cccn2C)c1. The second kappa shape index (κ2) is 8.72. The number of rotatable bonds is 7. The Morgan fingerprint density at radius 3 is 2.67 bits per heavy atom. The quantitative estimate of drug-likeness (QED) is 0.532. The molecule has 30 heavy (non-hydrogen) atoms. The number of primary sulfonamides is 1. The van der Waals surface area contributed by atoms with Gasteiger partial charge in [-0.2, -0.15) is 5.10 Å². The fourth-order valence-electron chi connectivity index (χ4n) is 3.11. The van der Waals surface area contributed by atoms with E-state index < -0.39 is 16.1 Å². The molecule has 0 saturated carbocycles. The van der Waals surface area contributed by atoms with Gasteiger partial charge in [-0.05, 0) is 62.6 Å². The van der Waals surface area contributed by atoms with Gasteiger partial charge in [0, 0.05) is 31.2 Å². The summed E-state index contributed by atoms with van der Waals surface area (Å²) in [6.07, 6.45) is 7.01. The first kappa shape index (κ1) is 21.6. The smallest absolute Gasteiger partial charge is 0.319 e. The highest BCUT2D eigenvalue weighted by molar-refractivity contribution is 7.89. The maximum Gasteiger partial charge on any atom is 0.319 e. The van der Waals surface area contributed by atoms with Gasteiger partial charge in [0.1, 0.15) is 0 Å². The number of carbonyl (C=O) groups is 1. The number of nitrogens with one attached hydrogen (secondary N) is 2. The van der Waals surface area contributed by atoms with Crippen LogP contribution in [-0.4, -0.2) is 34.8 Å². The molecular formula is C20H26N6O3S. The van der Waals surface area contributed by atoms with Crippen LogP contribution < -0.4 is 15.8 Å². The van der Waals surface area contributed by atoms with Gasteiger partial charge in [0.2, 0.25) is 10.0 Å². The monoisotopic (exact) mass is 430 g/mol. The molecule has 0 radical (unpaired) electrons. The molecule has 3 rings (SSSR count). The lowest BCUT2D eigenvalue weighted by Gasteiger charge is -2.17. The number of nitrogens with zero attached hydrogens (tertiary/aromatic N) is 3. The van der Waals surface area contributed by atoms with Gasteiger partial charge in [0.15, 0.2) is 0 Å². The van der Waals surface area contributed by atoms with Crippen molar-refractivity contribution in [2.75, 3.05) is 5.32 Å². The zero-order valence-corrected chi connectivity index (χ0v) is 18.0. The molecule has 9 nitrogen and oxygen atoms in total. The van der Waals surface area contributed by atoms with Gasteiger partial charge in [-0.25, -0.2) is 23.0 Å². The van der Waals surface area contributed by atoms with Crippen LogP contribution in [0.5, 0.6) is 0 Å². The first-order chi connectivity index (χ1) is 14.1. The molecule has 2 aromatic heterocycles. The minimum Gasteiger partial charge on any atom is -0.354 e. The Bertz CT molecular complexity index is 1150. The number of hydrogen-bond donors (Lipinski definition) is 3. The predicted molar refractivity (Wildman–Crippen MR) is 115 cm³/mol. The Morgan fingerprint density at radius 1 is 1.30 bits per heavy atom. The number of nitrogens with two attached hydrogens (primary N) is 1. The maximum atomic E-state index is 12.6. The second-order valence-corrected chi connectivity index (χ2v) is 8.90. The Morgan fingerprint density at radius 2 is 2.07 bits per heavy atom. The van der Waals surface area contributed by atoms with Crippen molar-refractivity contribution >= 4 is 21.7 Å². The molecule has 1 aromatic carbocycles. The molecule has 3 aromatic rings. The van der Waals surface area contributed by atoms with E-state index >= 15 is 0 Å². The van der Waals surface area contributed by atoms with Crippen LogP contribution in [-0.2, 0) is 23.5 Å². The summed E-state index contributed by atoms with van der Waals surface area (Å²) in [4.78, 5) is 12.5. The van der Waals surface area contributed by atoms with E-state index in [-0.39, 0.29) is 16.6 Å².